The SMILES string of the molecule is Cc1ccccc1CN(C)CC(=O)N1CCNC(=O)C1. The van der Waals surface area contributed by atoms with Crippen molar-refractivity contribution < 1.29 is 9.59 Å². The predicted molar refractivity (Wildman–Crippen MR) is 77.1 cm³/mol. The van der Waals surface area contributed by atoms with Crippen molar-refractivity contribution in [3.8, 4) is 0 Å². The molecule has 0 aliphatic carbocycles. The van der Waals surface area contributed by atoms with Crippen LogP contribution in [0.2, 0.25) is 0 Å². The number of piperazine rings is 1. The number of rotatable bonds is 4. The maximum atomic E-state index is 12.1. The molecule has 1 fully saturated rings. The second kappa shape index (κ2) is 6.52. The normalized spacial score (nSPS) is 15.3. The molecule has 2 rings (SSSR count). The minimum absolute atomic E-state index is 0.0101. The quantitative estimate of drug-likeness (QED) is 0.864. The van der Waals surface area contributed by atoms with Crippen molar-refractivity contribution in [1.29, 1.82) is 0 Å². The van der Waals surface area contributed by atoms with Crippen LogP contribution in [0.5, 0.6) is 0 Å². The fourth-order valence-corrected chi connectivity index (χ4v) is 2.32. The van der Waals surface area contributed by atoms with Gasteiger partial charge in [-0.25, -0.2) is 0 Å². The zero-order chi connectivity index (χ0) is 14.5. The van der Waals surface area contributed by atoms with Gasteiger partial charge in [0.1, 0.15) is 0 Å². The van der Waals surface area contributed by atoms with Crippen molar-refractivity contribution in [2.45, 2.75) is 13.5 Å². The third-order valence-corrected chi connectivity index (χ3v) is 3.50. The van der Waals surface area contributed by atoms with E-state index >= 15 is 0 Å². The summed E-state index contributed by atoms with van der Waals surface area (Å²) >= 11 is 0. The molecule has 1 saturated heterocycles. The Morgan fingerprint density at radius 3 is 2.85 bits per heavy atom. The number of nitrogens with zero attached hydrogens (tertiary/aromatic N) is 2. The lowest BCUT2D eigenvalue weighted by Gasteiger charge is -2.28. The molecule has 1 N–H and O–H groups in total. The molecule has 1 aromatic carbocycles. The lowest BCUT2D eigenvalue weighted by molar-refractivity contribution is -0.138. The van der Waals surface area contributed by atoms with E-state index in [9.17, 15) is 9.59 Å². The first kappa shape index (κ1) is 14.5. The molecule has 0 spiro atoms. The summed E-state index contributed by atoms with van der Waals surface area (Å²) in [5.74, 6) is -0.0675. The molecule has 2 amide bonds. The Hall–Kier alpha value is -1.88. The molecular weight excluding hydrogens is 254 g/mol. The van der Waals surface area contributed by atoms with E-state index in [0.717, 1.165) is 6.54 Å². The van der Waals surface area contributed by atoms with Gasteiger partial charge in [-0.2, -0.15) is 0 Å². The molecule has 20 heavy (non-hydrogen) atoms. The molecule has 108 valence electrons. The largest absolute Gasteiger partial charge is 0.353 e. The van der Waals surface area contributed by atoms with Gasteiger partial charge in [0.15, 0.2) is 0 Å². The monoisotopic (exact) mass is 275 g/mol. The van der Waals surface area contributed by atoms with Crippen LogP contribution in [-0.4, -0.2) is 54.8 Å². The van der Waals surface area contributed by atoms with Gasteiger partial charge in [-0.1, -0.05) is 24.3 Å². The maximum Gasteiger partial charge on any atom is 0.239 e. The average molecular weight is 275 g/mol. The fraction of sp³-hybridized carbons (Fsp3) is 0.467. The van der Waals surface area contributed by atoms with Crippen LogP contribution in [-0.2, 0) is 16.1 Å². The number of hydrogen-bond acceptors (Lipinski definition) is 3. The van der Waals surface area contributed by atoms with Crippen LogP contribution in [0.4, 0.5) is 0 Å². The van der Waals surface area contributed by atoms with E-state index in [4.69, 9.17) is 0 Å². The van der Waals surface area contributed by atoms with Crippen molar-refractivity contribution in [1.82, 2.24) is 15.1 Å². The van der Waals surface area contributed by atoms with E-state index in [1.807, 2.05) is 24.1 Å². The van der Waals surface area contributed by atoms with Crippen molar-refractivity contribution in [2.24, 2.45) is 0 Å². The highest BCUT2D eigenvalue weighted by Gasteiger charge is 2.21. The number of benzene rings is 1. The van der Waals surface area contributed by atoms with Crippen LogP contribution in [0.25, 0.3) is 0 Å². The Morgan fingerprint density at radius 1 is 1.40 bits per heavy atom. The Kier molecular flexibility index (Phi) is 4.74. The summed E-state index contributed by atoms with van der Waals surface area (Å²) in [4.78, 5) is 27.0. The lowest BCUT2D eigenvalue weighted by Crippen LogP contribution is -2.52. The summed E-state index contributed by atoms with van der Waals surface area (Å²) < 4.78 is 0. The topological polar surface area (TPSA) is 52.7 Å². The number of nitrogens with one attached hydrogen (secondary N) is 1. The van der Waals surface area contributed by atoms with Gasteiger partial charge in [-0.15, -0.1) is 0 Å². The van der Waals surface area contributed by atoms with Gasteiger partial charge in [0.05, 0.1) is 13.1 Å². The van der Waals surface area contributed by atoms with Gasteiger partial charge >= 0.3 is 0 Å². The van der Waals surface area contributed by atoms with Crippen molar-refractivity contribution in [3.63, 3.8) is 0 Å². The van der Waals surface area contributed by atoms with Crippen LogP contribution < -0.4 is 5.32 Å². The number of amides is 2. The van der Waals surface area contributed by atoms with E-state index in [2.05, 4.69) is 24.4 Å². The van der Waals surface area contributed by atoms with Crippen LogP contribution in [0.15, 0.2) is 24.3 Å². The highest BCUT2D eigenvalue weighted by molar-refractivity contribution is 5.86. The van der Waals surface area contributed by atoms with Gasteiger partial charge in [-0.3, -0.25) is 14.5 Å². The minimum Gasteiger partial charge on any atom is -0.353 e. The van der Waals surface area contributed by atoms with Gasteiger partial charge in [0.25, 0.3) is 0 Å². The van der Waals surface area contributed by atoms with Crippen LogP contribution in [0.3, 0.4) is 0 Å². The Bertz CT molecular complexity index is 502. The molecule has 0 atom stereocenters. The number of carbonyl (C=O) groups is 2. The van der Waals surface area contributed by atoms with E-state index in [1.165, 1.54) is 11.1 Å². The van der Waals surface area contributed by atoms with Crippen LogP contribution in [0.1, 0.15) is 11.1 Å². The molecule has 0 aromatic heterocycles. The predicted octanol–water partition coefficient (Wildman–Crippen LogP) is 0.385. The number of likely N-dealkylation sites (N-methyl/N-ethyl adjacent to an activating group) is 1. The van der Waals surface area contributed by atoms with E-state index in [-0.39, 0.29) is 18.4 Å². The van der Waals surface area contributed by atoms with Crippen molar-refractivity contribution >= 4 is 11.8 Å². The minimum atomic E-state index is -0.0776. The molecule has 5 heteroatoms. The maximum absolute atomic E-state index is 12.1. The first-order chi connectivity index (χ1) is 9.56. The molecule has 0 saturated carbocycles. The van der Waals surface area contributed by atoms with Gasteiger partial charge in [-0.05, 0) is 25.1 Å². The summed E-state index contributed by atoms with van der Waals surface area (Å²) in [6.45, 7) is 4.46. The molecule has 1 aliphatic rings. The standard InChI is InChI=1S/C15H21N3O2/c1-12-5-3-4-6-13(12)9-17(2)11-15(20)18-8-7-16-14(19)10-18/h3-6H,7-11H2,1-2H3,(H,16,19). The average Bonchev–Trinajstić information content (AvgIpc) is 2.41. The molecule has 0 bridgehead atoms. The summed E-state index contributed by atoms with van der Waals surface area (Å²) in [7, 11) is 1.92. The molecule has 1 aliphatic heterocycles. The third kappa shape index (κ3) is 3.81. The van der Waals surface area contributed by atoms with E-state index < -0.39 is 0 Å². The third-order valence-electron chi connectivity index (χ3n) is 3.50. The zero-order valence-corrected chi connectivity index (χ0v) is 12.1. The first-order valence-electron chi connectivity index (χ1n) is 6.84. The summed E-state index contributed by atoms with van der Waals surface area (Å²) in [5, 5.41) is 2.72. The highest BCUT2D eigenvalue weighted by Crippen LogP contribution is 2.09. The molecule has 1 aromatic rings. The molecule has 1 heterocycles. The van der Waals surface area contributed by atoms with Crippen LogP contribution >= 0.6 is 0 Å². The van der Waals surface area contributed by atoms with Gasteiger partial charge < -0.3 is 10.2 Å². The second-order valence-electron chi connectivity index (χ2n) is 5.26. The summed E-state index contributed by atoms with van der Waals surface area (Å²) in [6.07, 6.45) is 0. The van der Waals surface area contributed by atoms with Gasteiger partial charge in [0, 0.05) is 19.6 Å². The number of carbonyl (C=O) groups excluding carboxylic acids is 2. The lowest BCUT2D eigenvalue weighted by atomic mass is 10.1. The number of hydrogen-bond donors (Lipinski definition) is 1. The molecule has 5 nitrogen and oxygen atoms in total. The fourth-order valence-electron chi connectivity index (χ4n) is 2.32. The Morgan fingerprint density at radius 2 is 2.15 bits per heavy atom. The smallest absolute Gasteiger partial charge is 0.239 e. The summed E-state index contributed by atoms with van der Waals surface area (Å²) in [5.41, 5.74) is 2.45. The molecule has 0 radical (unpaired) electrons. The second-order valence-corrected chi connectivity index (χ2v) is 5.26. The first-order valence-corrected chi connectivity index (χ1v) is 6.84. The molecule has 0 unspecified atom stereocenters. The highest BCUT2D eigenvalue weighted by atomic mass is 16.2. The van der Waals surface area contributed by atoms with Crippen molar-refractivity contribution in [2.75, 3.05) is 33.2 Å². The number of aryl methyl sites for hydroxylation is 1. The van der Waals surface area contributed by atoms with Crippen LogP contribution in [0, 0.1) is 6.92 Å². The van der Waals surface area contributed by atoms with Gasteiger partial charge in [0.2, 0.25) is 11.8 Å². The summed E-state index contributed by atoms with van der Waals surface area (Å²) in [6, 6.07) is 8.16. The Balaban J connectivity index is 1.88. The van der Waals surface area contributed by atoms with E-state index in [1.54, 1.807) is 4.90 Å². The zero-order valence-electron chi connectivity index (χ0n) is 12.1. The Labute approximate surface area is 119 Å². The van der Waals surface area contributed by atoms with E-state index in [0.29, 0.717) is 19.6 Å². The molecular formula is C15H21N3O2. The van der Waals surface area contributed by atoms with Crippen molar-refractivity contribution in [3.05, 3.63) is 35.4 Å².